The summed E-state index contributed by atoms with van der Waals surface area (Å²) in [5.74, 6) is 1.75. The van der Waals surface area contributed by atoms with E-state index in [-0.39, 0.29) is 6.10 Å². The van der Waals surface area contributed by atoms with Crippen LogP contribution in [-0.4, -0.2) is 11.2 Å². The molecule has 0 aromatic rings. The van der Waals surface area contributed by atoms with Crippen LogP contribution in [0.25, 0.3) is 0 Å². The molecule has 0 amide bonds. The first-order valence-electron chi connectivity index (χ1n) is 9.06. The van der Waals surface area contributed by atoms with Crippen LogP contribution in [0, 0.1) is 17.3 Å². The lowest BCUT2D eigenvalue weighted by molar-refractivity contribution is -0.00551. The fourth-order valence-electron chi connectivity index (χ4n) is 4.97. The molecule has 1 nitrogen and oxygen atoms in total. The van der Waals surface area contributed by atoms with Gasteiger partial charge in [-0.15, -0.1) is 0 Å². The predicted octanol–water partition coefficient (Wildman–Crippen LogP) is 5.48. The van der Waals surface area contributed by atoms with Gasteiger partial charge in [0.05, 0.1) is 6.10 Å². The van der Waals surface area contributed by atoms with E-state index in [1.54, 1.807) is 0 Å². The summed E-state index contributed by atoms with van der Waals surface area (Å²) in [6.07, 6.45) is 18.8. The summed E-state index contributed by atoms with van der Waals surface area (Å²) in [6.45, 7) is 4.75. The molecule has 0 saturated heterocycles. The van der Waals surface area contributed by atoms with Crippen LogP contribution in [0.15, 0.2) is 12.2 Å². The number of hydrogen-bond donors (Lipinski definition) is 1. The third-order valence-electron chi connectivity index (χ3n) is 6.25. The van der Waals surface area contributed by atoms with Gasteiger partial charge in [0.1, 0.15) is 0 Å². The van der Waals surface area contributed by atoms with Gasteiger partial charge >= 0.3 is 0 Å². The molecule has 2 rings (SSSR count). The first-order chi connectivity index (χ1) is 9.73. The van der Waals surface area contributed by atoms with Gasteiger partial charge in [-0.25, -0.2) is 0 Å². The van der Waals surface area contributed by atoms with Crippen LogP contribution in [-0.2, 0) is 0 Å². The molecule has 0 radical (unpaired) electrons. The first-order valence-corrected chi connectivity index (χ1v) is 9.06. The zero-order chi connectivity index (χ0) is 14.4. The molecular weight excluding hydrogens is 244 g/mol. The van der Waals surface area contributed by atoms with Crippen molar-refractivity contribution in [1.82, 2.24) is 0 Å². The Morgan fingerprint density at radius 2 is 1.75 bits per heavy atom. The first kappa shape index (κ1) is 16.1. The third kappa shape index (κ3) is 3.47. The normalized spacial score (nSPS) is 33.9. The number of hydrogen-bond acceptors (Lipinski definition) is 1. The second-order valence-electron chi connectivity index (χ2n) is 7.18. The van der Waals surface area contributed by atoms with Crippen molar-refractivity contribution in [3.8, 4) is 0 Å². The van der Waals surface area contributed by atoms with Gasteiger partial charge in [0, 0.05) is 0 Å². The van der Waals surface area contributed by atoms with E-state index >= 15 is 0 Å². The summed E-state index contributed by atoms with van der Waals surface area (Å²) in [7, 11) is 0. The number of aliphatic hydroxyl groups is 1. The van der Waals surface area contributed by atoms with Crippen molar-refractivity contribution in [2.24, 2.45) is 17.3 Å². The molecule has 116 valence electrons. The molecule has 0 aromatic carbocycles. The van der Waals surface area contributed by atoms with Gasteiger partial charge in [0.25, 0.3) is 0 Å². The Labute approximate surface area is 125 Å². The van der Waals surface area contributed by atoms with Crippen LogP contribution in [0.3, 0.4) is 0 Å². The van der Waals surface area contributed by atoms with Gasteiger partial charge in [0.15, 0.2) is 0 Å². The Morgan fingerprint density at radius 3 is 2.30 bits per heavy atom. The summed E-state index contributed by atoms with van der Waals surface area (Å²) in [6, 6.07) is 0. The lowest BCUT2D eigenvalue weighted by Crippen LogP contribution is -2.40. The van der Waals surface area contributed by atoms with Gasteiger partial charge in [-0.05, 0) is 75.0 Å². The van der Waals surface area contributed by atoms with Gasteiger partial charge in [0.2, 0.25) is 0 Å². The largest absolute Gasteiger partial charge is 0.393 e. The number of rotatable bonds is 6. The van der Waals surface area contributed by atoms with E-state index in [9.17, 15) is 5.11 Å². The summed E-state index contributed by atoms with van der Waals surface area (Å²) >= 11 is 0. The summed E-state index contributed by atoms with van der Waals surface area (Å²) in [5.41, 5.74) is 0.556. The van der Waals surface area contributed by atoms with Crippen LogP contribution in [0.2, 0.25) is 0 Å². The van der Waals surface area contributed by atoms with E-state index in [1.807, 2.05) is 0 Å². The SMILES string of the molecule is CCCCC(CC)(C1CC=CCC1)C1CCC(O)CC1. The van der Waals surface area contributed by atoms with Crippen LogP contribution in [0.1, 0.15) is 84.5 Å². The van der Waals surface area contributed by atoms with Gasteiger partial charge in [-0.1, -0.05) is 38.8 Å². The molecule has 2 aliphatic carbocycles. The van der Waals surface area contributed by atoms with E-state index in [0.717, 1.165) is 24.7 Å². The van der Waals surface area contributed by atoms with Crippen LogP contribution in [0.4, 0.5) is 0 Å². The van der Waals surface area contributed by atoms with Crippen LogP contribution >= 0.6 is 0 Å². The zero-order valence-corrected chi connectivity index (χ0v) is 13.6. The average molecular weight is 278 g/mol. The van der Waals surface area contributed by atoms with Crippen molar-refractivity contribution in [3.63, 3.8) is 0 Å². The van der Waals surface area contributed by atoms with Crippen molar-refractivity contribution in [2.75, 3.05) is 0 Å². The zero-order valence-electron chi connectivity index (χ0n) is 13.6. The van der Waals surface area contributed by atoms with E-state index in [2.05, 4.69) is 26.0 Å². The highest BCUT2D eigenvalue weighted by Gasteiger charge is 2.43. The summed E-state index contributed by atoms with van der Waals surface area (Å²) < 4.78 is 0. The lowest BCUT2D eigenvalue weighted by atomic mass is 9.56. The predicted molar refractivity (Wildman–Crippen MR) is 86.7 cm³/mol. The minimum Gasteiger partial charge on any atom is -0.393 e. The van der Waals surface area contributed by atoms with Crippen molar-refractivity contribution in [2.45, 2.75) is 90.6 Å². The quantitative estimate of drug-likeness (QED) is 0.638. The van der Waals surface area contributed by atoms with Crippen LogP contribution in [0.5, 0.6) is 0 Å². The molecule has 0 spiro atoms. The number of unbranched alkanes of at least 4 members (excludes halogenated alkanes) is 1. The standard InChI is InChI=1S/C19H34O/c1-3-5-15-19(4-2,16-9-7-6-8-10-16)17-11-13-18(20)14-12-17/h6-7,16-18,20H,3-5,8-15H2,1-2H3. The van der Waals surface area contributed by atoms with Gasteiger partial charge in [-0.2, -0.15) is 0 Å². The maximum absolute atomic E-state index is 9.84. The van der Waals surface area contributed by atoms with Crippen LogP contribution < -0.4 is 0 Å². The topological polar surface area (TPSA) is 20.2 Å². The monoisotopic (exact) mass is 278 g/mol. The minimum absolute atomic E-state index is 0.0155. The molecule has 1 N–H and O–H groups in total. The highest BCUT2D eigenvalue weighted by atomic mass is 16.3. The molecule has 1 fully saturated rings. The molecule has 2 unspecified atom stereocenters. The molecular formula is C19H34O. The Morgan fingerprint density at radius 1 is 1.00 bits per heavy atom. The molecule has 0 heterocycles. The lowest BCUT2D eigenvalue weighted by Gasteiger charge is -2.49. The molecule has 0 aromatic heterocycles. The second kappa shape index (κ2) is 7.64. The second-order valence-corrected chi connectivity index (χ2v) is 7.18. The molecule has 2 aliphatic rings. The van der Waals surface area contributed by atoms with E-state index < -0.39 is 0 Å². The fraction of sp³-hybridized carbons (Fsp3) is 0.895. The maximum Gasteiger partial charge on any atom is 0.0540 e. The molecule has 0 bridgehead atoms. The van der Waals surface area contributed by atoms with E-state index in [0.29, 0.717) is 5.41 Å². The average Bonchev–Trinajstić information content (AvgIpc) is 2.51. The Balaban J connectivity index is 2.14. The molecule has 1 heteroatoms. The van der Waals surface area contributed by atoms with Crippen molar-refractivity contribution in [3.05, 3.63) is 12.2 Å². The van der Waals surface area contributed by atoms with Crippen molar-refractivity contribution in [1.29, 1.82) is 0 Å². The Kier molecular flexibility index (Phi) is 6.14. The highest BCUT2D eigenvalue weighted by Crippen LogP contribution is 2.53. The van der Waals surface area contributed by atoms with Crippen molar-refractivity contribution < 1.29 is 5.11 Å². The number of allylic oxidation sites excluding steroid dienone is 2. The molecule has 1 saturated carbocycles. The molecule has 20 heavy (non-hydrogen) atoms. The smallest absolute Gasteiger partial charge is 0.0540 e. The van der Waals surface area contributed by atoms with E-state index in [1.165, 1.54) is 57.8 Å². The fourth-order valence-corrected chi connectivity index (χ4v) is 4.97. The summed E-state index contributed by atoms with van der Waals surface area (Å²) in [4.78, 5) is 0. The Bertz CT molecular complexity index is 301. The number of aliphatic hydroxyl groups excluding tert-OH is 1. The van der Waals surface area contributed by atoms with Crippen molar-refractivity contribution >= 4 is 0 Å². The van der Waals surface area contributed by atoms with Gasteiger partial charge in [-0.3, -0.25) is 0 Å². The van der Waals surface area contributed by atoms with E-state index in [4.69, 9.17) is 0 Å². The Hall–Kier alpha value is -0.300. The maximum atomic E-state index is 9.84. The third-order valence-corrected chi connectivity index (χ3v) is 6.25. The molecule has 2 atom stereocenters. The minimum atomic E-state index is -0.0155. The summed E-state index contributed by atoms with van der Waals surface area (Å²) in [5, 5.41) is 9.84. The molecule has 0 aliphatic heterocycles. The highest BCUT2D eigenvalue weighted by molar-refractivity contribution is 5.00. The van der Waals surface area contributed by atoms with Gasteiger partial charge < -0.3 is 5.11 Å².